The van der Waals surface area contributed by atoms with Gasteiger partial charge in [0.15, 0.2) is 5.54 Å². The third kappa shape index (κ3) is 2.77. The second kappa shape index (κ2) is 6.55. The Morgan fingerprint density at radius 3 is 2.15 bits per heavy atom. The van der Waals surface area contributed by atoms with E-state index in [9.17, 15) is 31.5 Å². The highest BCUT2D eigenvalue weighted by molar-refractivity contribution is 6.23. The molecule has 1 saturated heterocycles. The van der Waals surface area contributed by atoms with Gasteiger partial charge in [-0.15, -0.1) is 0 Å². The van der Waals surface area contributed by atoms with Crippen LogP contribution >= 0.6 is 0 Å². The van der Waals surface area contributed by atoms with Crippen LogP contribution < -0.4 is 4.90 Å². The average Bonchev–Trinajstić information content (AvgIpc) is 2.80. The third-order valence-electron chi connectivity index (χ3n) is 4.11. The van der Waals surface area contributed by atoms with Gasteiger partial charge in [0, 0.05) is 6.04 Å². The molecule has 0 N–H and O–H groups in total. The molecule has 0 aromatic heterocycles. The van der Waals surface area contributed by atoms with Crippen LogP contribution in [0.1, 0.15) is 25.0 Å². The molecule has 0 atom stereocenters. The molecule has 5 nitrogen and oxygen atoms in total. The molecular formula is C16H14F5N3O2. The monoisotopic (exact) mass is 375 g/mol. The maximum absolute atomic E-state index is 13.6. The van der Waals surface area contributed by atoms with E-state index in [2.05, 4.69) is 0 Å². The zero-order valence-electron chi connectivity index (χ0n) is 13.8. The Bertz CT molecular complexity index is 781. The van der Waals surface area contributed by atoms with Crippen molar-refractivity contribution in [2.45, 2.75) is 31.6 Å². The van der Waals surface area contributed by atoms with Gasteiger partial charge < -0.3 is 4.90 Å². The molecule has 2 rings (SSSR count). The first-order valence-corrected chi connectivity index (χ1v) is 7.46. The first-order valence-electron chi connectivity index (χ1n) is 7.46. The molecule has 0 radical (unpaired) electrons. The summed E-state index contributed by atoms with van der Waals surface area (Å²) in [6.45, 7) is -0.195. The predicted octanol–water partition coefficient (Wildman–Crippen LogP) is 3.43. The zero-order valence-corrected chi connectivity index (χ0v) is 13.8. The number of rotatable bonds is 4. The summed E-state index contributed by atoms with van der Waals surface area (Å²) in [5.41, 5.74) is -4.99. The Balaban J connectivity index is 2.64. The molecule has 0 saturated carbocycles. The number of amides is 3. The van der Waals surface area contributed by atoms with E-state index in [1.54, 1.807) is 0 Å². The smallest absolute Gasteiger partial charge is 0.302 e. The van der Waals surface area contributed by atoms with Crippen molar-refractivity contribution in [3.63, 3.8) is 0 Å². The fourth-order valence-electron chi connectivity index (χ4n) is 2.91. The lowest BCUT2D eigenvalue weighted by molar-refractivity contribution is -0.137. The van der Waals surface area contributed by atoms with Gasteiger partial charge in [-0.3, -0.25) is 4.79 Å². The van der Waals surface area contributed by atoms with Gasteiger partial charge in [-0.1, -0.05) is 0 Å². The average molecular weight is 375 g/mol. The van der Waals surface area contributed by atoms with Gasteiger partial charge in [0.1, 0.15) is 13.3 Å². The molecule has 0 spiro atoms. The first-order chi connectivity index (χ1) is 12.0. The molecule has 0 unspecified atom stereocenters. The summed E-state index contributed by atoms with van der Waals surface area (Å²) in [5, 5.41) is 8.81. The van der Waals surface area contributed by atoms with Gasteiger partial charge in [0.2, 0.25) is 0 Å². The Kier molecular flexibility index (Phi) is 4.94. The molecule has 140 valence electrons. The Hall–Kier alpha value is -2.70. The maximum atomic E-state index is 13.6. The van der Waals surface area contributed by atoms with Gasteiger partial charge >= 0.3 is 12.2 Å². The number of nitrogens with zero attached hydrogens (tertiary/aromatic N) is 3. The summed E-state index contributed by atoms with van der Waals surface area (Å²) in [4.78, 5) is 26.1. The summed E-state index contributed by atoms with van der Waals surface area (Å²) < 4.78 is 66.5. The first kappa shape index (κ1) is 19.6. The van der Waals surface area contributed by atoms with Crippen LogP contribution in [0.2, 0.25) is 0 Å². The van der Waals surface area contributed by atoms with E-state index < -0.39 is 59.9 Å². The van der Waals surface area contributed by atoms with Crippen molar-refractivity contribution >= 4 is 17.6 Å². The topological polar surface area (TPSA) is 64.4 Å². The summed E-state index contributed by atoms with van der Waals surface area (Å²) in [7, 11) is 0. The normalized spacial score (nSPS) is 17.2. The quantitative estimate of drug-likeness (QED) is 0.598. The molecule has 26 heavy (non-hydrogen) atoms. The molecule has 1 aromatic rings. The fraction of sp³-hybridized carbons (Fsp3) is 0.438. The fourth-order valence-corrected chi connectivity index (χ4v) is 2.91. The number of halogens is 5. The molecule has 0 bridgehead atoms. The van der Waals surface area contributed by atoms with E-state index in [1.807, 2.05) is 0 Å². The predicted molar refractivity (Wildman–Crippen MR) is 80.7 cm³/mol. The van der Waals surface area contributed by atoms with Crippen molar-refractivity contribution in [1.29, 1.82) is 5.26 Å². The Morgan fingerprint density at radius 2 is 1.77 bits per heavy atom. The van der Waals surface area contributed by atoms with Gasteiger partial charge in [0.25, 0.3) is 5.91 Å². The summed E-state index contributed by atoms with van der Waals surface area (Å²) in [6, 6.07) is 1.66. The van der Waals surface area contributed by atoms with E-state index in [0.717, 1.165) is 12.1 Å². The third-order valence-corrected chi connectivity index (χ3v) is 4.11. The minimum absolute atomic E-state index is 0.315. The Labute approximate surface area is 145 Å². The van der Waals surface area contributed by atoms with Crippen LogP contribution in [-0.4, -0.2) is 41.8 Å². The lowest BCUT2D eigenvalue weighted by Crippen LogP contribution is -2.56. The molecule has 1 heterocycles. The Morgan fingerprint density at radius 1 is 1.19 bits per heavy atom. The maximum Gasteiger partial charge on any atom is 0.417 e. The molecule has 1 aliphatic rings. The highest BCUT2D eigenvalue weighted by Gasteiger charge is 2.59. The van der Waals surface area contributed by atoms with Crippen LogP contribution in [-0.2, 0) is 11.0 Å². The molecular weight excluding hydrogens is 361 g/mol. The number of hydrogen-bond donors (Lipinski definition) is 0. The molecule has 1 aliphatic heterocycles. The van der Waals surface area contributed by atoms with Crippen LogP contribution in [0.4, 0.5) is 32.4 Å². The molecule has 3 amide bonds. The van der Waals surface area contributed by atoms with Crippen molar-refractivity contribution < 1.29 is 31.5 Å². The van der Waals surface area contributed by atoms with Crippen molar-refractivity contribution in [2.75, 3.05) is 18.2 Å². The van der Waals surface area contributed by atoms with E-state index in [0.29, 0.717) is 15.9 Å². The molecule has 10 heteroatoms. The highest BCUT2D eigenvalue weighted by atomic mass is 19.4. The lowest BCUT2D eigenvalue weighted by Gasteiger charge is -2.33. The molecule has 0 aliphatic carbocycles. The minimum atomic E-state index is -4.91. The second-order valence-electron chi connectivity index (χ2n) is 6.03. The largest absolute Gasteiger partial charge is 0.417 e. The summed E-state index contributed by atoms with van der Waals surface area (Å²) >= 11 is 0. The number of hydrogen-bond acceptors (Lipinski definition) is 3. The van der Waals surface area contributed by atoms with Crippen LogP contribution in [0.25, 0.3) is 0 Å². The van der Waals surface area contributed by atoms with E-state index in [1.165, 1.54) is 19.9 Å². The summed E-state index contributed by atoms with van der Waals surface area (Å²) in [5.74, 6) is -1.29. The van der Waals surface area contributed by atoms with Gasteiger partial charge in [0.05, 0.1) is 22.9 Å². The van der Waals surface area contributed by atoms with Crippen LogP contribution in [0.3, 0.4) is 0 Å². The number of imide groups is 1. The number of nitriles is 1. The van der Waals surface area contributed by atoms with Crippen molar-refractivity contribution in [2.24, 2.45) is 0 Å². The van der Waals surface area contributed by atoms with E-state index in [4.69, 9.17) is 5.26 Å². The van der Waals surface area contributed by atoms with E-state index in [-0.39, 0.29) is 0 Å². The minimum Gasteiger partial charge on any atom is -0.302 e. The highest BCUT2D eigenvalue weighted by Crippen LogP contribution is 2.38. The zero-order chi connectivity index (χ0) is 19.9. The number of carbonyl (C=O) groups excluding carboxylic acids is 2. The number of anilines is 1. The number of benzene rings is 1. The van der Waals surface area contributed by atoms with Crippen LogP contribution in [0.15, 0.2) is 18.2 Å². The standard InChI is InChI=1S/C16H14F5N3O2/c1-9(2)24-14(26)23(13(25)15(24,7-17)8-18)11-4-3-10(6-22)12(5-11)16(19,20)21/h3-5,9H,7-8H2,1-2H3. The number of carbonyl (C=O) groups is 2. The molecule has 1 aromatic carbocycles. The van der Waals surface area contributed by atoms with Crippen molar-refractivity contribution in [1.82, 2.24) is 4.90 Å². The van der Waals surface area contributed by atoms with E-state index >= 15 is 0 Å². The SMILES string of the molecule is CC(C)N1C(=O)N(c2ccc(C#N)c(C(F)(F)F)c2)C(=O)C1(CF)CF. The number of alkyl halides is 5. The van der Waals surface area contributed by atoms with Crippen LogP contribution in [0, 0.1) is 11.3 Å². The van der Waals surface area contributed by atoms with Crippen LogP contribution in [0.5, 0.6) is 0 Å². The molecule has 1 fully saturated rings. The second-order valence-corrected chi connectivity index (χ2v) is 6.03. The summed E-state index contributed by atoms with van der Waals surface area (Å²) in [6.07, 6.45) is -4.91. The van der Waals surface area contributed by atoms with Crippen molar-refractivity contribution in [3.05, 3.63) is 29.3 Å². The lowest BCUT2D eigenvalue weighted by atomic mass is 9.99. The van der Waals surface area contributed by atoms with Crippen molar-refractivity contribution in [3.8, 4) is 6.07 Å². The van der Waals surface area contributed by atoms with Gasteiger partial charge in [-0.25, -0.2) is 18.5 Å². The van der Waals surface area contributed by atoms with Gasteiger partial charge in [-0.05, 0) is 32.0 Å². The number of urea groups is 1. The van der Waals surface area contributed by atoms with Gasteiger partial charge in [-0.2, -0.15) is 18.4 Å².